The zero-order valence-electron chi connectivity index (χ0n) is 7.27. The smallest absolute Gasteiger partial charge is 0.290 e. The molecule has 0 saturated heterocycles. The van der Waals surface area contributed by atoms with Gasteiger partial charge in [-0.05, 0) is 18.6 Å². The zero-order valence-corrected chi connectivity index (χ0v) is 7.27. The van der Waals surface area contributed by atoms with Crippen LogP contribution in [-0.4, -0.2) is 0 Å². The molecule has 0 bridgehead atoms. The first kappa shape index (κ1) is 10.6. The Labute approximate surface area is 79.5 Å². The fraction of sp³-hybridized carbons (Fsp3) is 0.200. The van der Waals surface area contributed by atoms with Crippen molar-refractivity contribution in [2.24, 2.45) is 0 Å². The molecule has 1 nitrogen and oxygen atoms in total. The maximum absolute atomic E-state index is 12.1. The molecule has 14 heavy (non-hydrogen) atoms. The Morgan fingerprint density at radius 2 is 2.00 bits per heavy atom. The second-order valence-electron chi connectivity index (χ2n) is 2.81. The van der Waals surface area contributed by atoms with Gasteiger partial charge < -0.3 is 0 Å². The third-order valence-corrected chi connectivity index (χ3v) is 1.76. The van der Waals surface area contributed by atoms with Gasteiger partial charge in [0.15, 0.2) is 5.75 Å². The summed E-state index contributed by atoms with van der Waals surface area (Å²) >= 11 is 0. The quantitative estimate of drug-likeness (QED) is 0.652. The summed E-state index contributed by atoms with van der Waals surface area (Å²) < 4.78 is 36.4. The van der Waals surface area contributed by atoms with Gasteiger partial charge in [0, 0.05) is 5.56 Å². The van der Waals surface area contributed by atoms with Crippen molar-refractivity contribution in [3.05, 3.63) is 42.0 Å². The van der Waals surface area contributed by atoms with Crippen LogP contribution in [0.2, 0.25) is 0 Å². The van der Waals surface area contributed by atoms with Crippen LogP contribution in [0, 0.1) is 0 Å². The molecule has 0 spiro atoms. The summed E-state index contributed by atoms with van der Waals surface area (Å²) in [6.07, 6.45) is -2.69. The Morgan fingerprint density at radius 3 is 2.43 bits per heavy atom. The van der Waals surface area contributed by atoms with E-state index < -0.39 is 17.5 Å². The lowest BCUT2D eigenvalue weighted by atomic mass is 10.1. The van der Waals surface area contributed by atoms with Gasteiger partial charge in [-0.1, -0.05) is 12.1 Å². The van der Waals surface area contributed by atoms with E-state index >= 15 is 0 Å². The molecule has 1 aromatic carbocycles. The third kappa shape index (κ3) is 2.28. The highest BCUT2D eigenvalue weighted by molar-refractivity contribution is 5.38. The van der Waals surface area contributed by atoms with E-state index in [1.165, 1.54) is 12.1 Å². The first-order chi connectivity index (χ1) is 6.45. The number of hydrogen-bond donors (Lipinski definition) is 0. The van der Waals surface area contributed by atoms with E-state index in [0.717, 1.165) is 6.07 Å². The molecule has 1 rings (SSSR count). The van der Waals surface area contributed by atoms with Crippen molar-refractivity contribution in [3.63, 3.8) is 0 Å². The summed E-state index contributed by atoms with van der Waals surface area (Å²) in [5.41, 5.74) is -0.580. The van der Waals surface area contributed by atoms with E-state index in [9.17, 15) is 18.3 Å². The number of halogens is 3. The van der Waals surface area contributed by atoms with E-state index in [1.807, 2.05) is 0 Å². The van der Waals surface area contributed by atoms with Crippen molar-refractivity contribution < 1.29 is 18.3 Å². The van der Waals surface area contributed by atoms with Crippen LogP contribution in [0.15, 0.2) is 30.9 Å². The summed E-state index contributed by atoms with van der Waals surface area (Å²) in [4.78, 5) is 0. The van der Waals surface area contributed by atoms with Gasteiger partial charge in [-0.2, -0.15) is 13.2 Å². The van der Waals surface area contributed by atoms with Crippen molar-refractivity contribution in [1.82, 2.24) is 0 Å². The molecular formula is C10H8F3O. The molecule has 0 heterocycles. The number of alkyl halides is 3. The van der Waals surface area contributed by atoms with Gasteiger partial charge in [0.25, 0.3) is 0 Å². The summed E-state index contributed by atoms with van der Waals surface area (Å²) in [6.45, 7) is 3.41. The Bertz CT molecular complexity index is 342. The van der Waals surface area contributed by atoms with Crippen LogP contribution < -0.4 is 0 Å². The highest BCUT2D eigenvalue weighted by Crippen LogP contribution is 2.32. The van der Waals surface area contributed by atoms with Crippen molar-refractivity contribution >= 4 is 0 Å². The normalized spacial score (nSPS) is 11.4. The van der Waals surface area contributed by atoms with Gasteiger partial charge in [0.05, 0.1) is 5.56 Å². The summed E-state index contributed by atoms with van der Waals surface area (Å²) in [5.74, 6) is -0.597. The molecule has 0 unspecified atom stereocenters. The molecule has 75 valence electrons. The summed E-state index contributed by atoms with van der Waals surface area (Å²) in [6, 6.07) is 2.70. The molecule has 0 fully saturated rings. The molecule has 0 N–H and O–H groups in total. The van der Waals surface area contributed by atoms with Crippen molar-refractivity contribution in [3.8, 4) is 5.75 Å². The lowest BCUT2D eigenvalue weighted by molar-refractivity contribution is -0.137. The van der Waals surface area contributed by atoms with Gasteiger partial charge in [-0.3, -0.25) is 5.11 Å². The van der Waals surface area contributed by atoms with Gasteiger partial charge >= 0.3 is 6.18 Å². The number of allylic oxidation sites excluding steroid dienone is 1. The van der Waals surface area contributed by atoms with Crippen molar-refractivity contribution in [2.75, 3.05) is 0 Å². The zero-order chi connectivity index (χ0) is 10.8. The minimum Gasteiger partial charge on any atom is -0.290 e. The summed E-state index contributed by atoms with van der Waals surface area (Å²) in [5, 5.41) is 11.1. The molecule has 1 aromatic rings. The largest absolute Gasteiger partial charge is 0.416 e. The Balaban J connectivity index is 3.06. The van der Waals surface area contributed by atoms with E-state index in [1.54, 1.807) is 0 Å². The second-order valence-corrected chi connectivity index (χ2v) is 2.81. The van der Waals surface area contributed by atoms with E-state index in [2.05, 4.69) is 6.58 Å². The molecule has 0 amide bonds. The van der Waals surface area contributed by atoms with Gasteiger partial charge in [-0.15, -0.1) is 6.58 Å². The van der Waals surface area contributed by atoms with Crippen LogP contribution in [0.1, 0.15) is 11.1 Å². The molecular weight excluding hydrogens is 193 g/mol. The van der Waals surface area contributed by atoms with E-state index in [0.29, 0.717) is 11.6 Å². The maximum atomic E-state index is 12.1. The minimum atomic E-state index is -4.45. The van der Waals surface area contributed by atoms with E-state index in [4.69, 9.17) is 0 Å². The number of rotatable bonds is 2. The first-order valence-electron chi connectivity index (χ1n) is 3.93. The van der Waals surface area contributed by atoms with Gasteiger partial charge in [0.1, 0.15) is 0 Å². The summed E-state index contributed by atoms with van der Waals surface area (Å²) in [7, 11) is 0. The van der Waals surface area contributed by atoms with Crippen LogP contribution >= 0.6 is 0 Å². The van der Waals surface area contributed by atoms with Gasteiger partial charge in [0.2, 0.25) is 0 Å². The molecule has 0 atom stereocenters. The van der Waals surface area contributed by atoms with E-state index in [-0.39, 0.29) is 6.42 Å². The standard InChI is InChI=1S/C10H8F3O/c1-2-3-7-4-5-8(6-9(7)14)10(11,12)13/h2,4-6H,1,3H2. The Kier molecular flexibility index (Phi) is 2.84. The number of hydrogen-bond acceptors (Lipinski definition) is 0. The van der Waals surface area contributed by atoms with Gasteiger partial charge in [-0.25, -0.2) is 0 Å². The topological polar surface area (TPSA) is 19.9 Å². The molecule has 1 radical (unpaired) electrons. The second kappa shape index (κ2) is 3.74. The fourth-order valence-electron chi connectivity index (χ4n) is 1.06. The molecule has 0 aliphatic rings. The molecule has 4 heteroatoms. The van der Waals surface area contributed by atoms with Crippen LogP contribution in [0.5, 0.6) is 5.75 Å². The lowest BCUT2D eigenvalue weighted by Gasteiger charge is -2.07. The fourth-order valence-corrected chi connectivity index (χ4v) is 1.06. The van der Waals surface area contributed by atoms with Crippen LogP contribution in [0.25, 0.3) is 0 Å². The molecule has 0 saturated carbocycles. The predicted molar refractivity (Wildman–Crippen MR) is 45.5 cm³/mol. The SMILES string of the molecule is C=CCc1ccc(C(F)(F)F)cc1[O]. The molecule has 0 aliphatic carbocycles. The van der Waals surface area contributed by atoms with Crippen molar-refractivity contribution in [2.45, 2.75) is 12.6 Å². The average Bonchev–Trinajstić information content (AvgIpc) is 2.07. The highest BCUT2D eigenvalue weighted by Gasteiger charge is 2.31. The monoisotopic (exact) mass is 201 g/mol. The first-order valence-corrected chi connectivity index (χ1v) is 3.93. The third-order valence-electron chi connectivity index (χ3n) is 1.76. The Hall–Kier alpha value is -1.45. The molecule has 0 aromatic heterocycles. The average molecular weight is 201 g/mol. The van der Waals surface area contributed by atoms with Crippen LogP contribution in [0.3, 0.4) is 0 Å². The van der Waals surface area contributed by atoms with Crippen LogP contribution in [0.4, 0.5) is 13.2 Å². The van der Waals surface area contributed by atoms with Crippen molar-refractivity contribution in [1.29, 1.82) is 0 Å². The van der Waals surface area contributed by atoms with Crippen LogP contribution in [-0.2, 0) is 17.7 Å². The lowest BCUT2D eigenvalue weighted by Crippen LogP contribution is -2.04. The minimum absolute atomic E-state index is 0.289. The maximum Gasteiger partial charge on any atom is 0.416 e. The predicted octanol–water partition coefficient (Wildman–Crippen LogP) is 3.58. The number of benzene rings is 1. The molecule has 0 aliphatic heterocycles. The highest BCUT2D eigenvalue weighted by atomic mass is 19.4. The Morgan fingerprint density at radius 1 is 1.36 bits per heavy atom.